The van der Waals surface area contributed by atoms with Crippen LogP contribution in [0.1, 0.15) is 42.0 Å². The molecular formula is C8H22O. The van der Waals surface area contributed by atoms with Crippen LogP contribution in [-0.2, 0) is 0 Å². The summed E-state index contributed by atoms with van der Waals surface area (Å²) in [6.45, 7) is 6.47. The van der Waals surface area contributed by atoms with Crippen molar-refractivity contribution >= 4 is 0 Å². The van der Waals surface area contributed by atoms with Crippen LogP contribution in [0.3, 0.4) is 0 Å². The van der Waals surface area contributed by atoms with E-state index < -0.39 is 0 Å². The molecule has 0 aliphatic carbocycles. The molecule has 0 rings (SSSR count). The summed E-state index contributed by atoms with van der Waals surface area (Å²) in [7, 11) is 0. The first-order valence-electron chi connectivity index (χ1n) is 2.73. The highest BCUT2D eigenvalue weighted by Gasteiger charge is 2.11. The van der Waals surface area contributed by atoms with E-state index in [-0.39, 0.29) is 20.3 Å². The summed E-state index contributed by atoms with van der Waals surface area (Å²) < 4.78 is 0. The van der Waals surface area contributed by atoms with Crippen molar-refractivity contribution in [3.05, 3.63) is 0 Å². The molecule has 0 unspecified atom stereocenters. The van der Waals surface area contributed by atoms with Crippen LogP contribution in [0.25, 0.3) is 0 Å². The van der Waals surface area contributed by atoms with Gasteiger partial charge in [0.25, 0.3) is 0 Å². The SMILES string of the molecule is C.C.CCC(C)(C)CO. The Morgan fingerprint density at radius 3 is 1.56 bits per heavy atom. The lowest BCUT2D eigenvalue weighted by atomic mass is 9.92. The average molecular weight is 134 g/mol. The van der Waals surface area contributed by atoms with E-state index in [9.17, 15) is 0 Å². The van der Waals surface area contributed by atoms with Crippen LogP contribution in [0.4, 0.5) is 0 Å². The predicted octanol–water partition coefficient (Wildman–Crippen LogP) is 2.69. The molecule has 0 saturated heterocycles. The first kappa shape index (κ1) is 16.0. The number of aliphatic hydroxyl groups is 1. The van der Waals surface area contributed by atoms with E-state index in [1.807, 2.05) is 13.8 Å². The van der Waals surface area contributed by atoms with Gasteiger partial charge in [0.2, 0.25) is 0 Å². The first-order chi connectivity index (χ1) is 3.12. The van der Waals surface area contributed by atoms with Crippen LogP contribution in [0.15, 0.2) is 0 Å². The normalized spacial score (nSPS) is 9.33. The topological polar surface area (TPSA) is 20.2 Å². The summed E-state index contributed by atoms with van der Waals surface area (Å²) in [5, 5.41) is 8.59. The van der Waals surface area contributed by atoms with Gasteiger partial charge in [-0.3, -0.25) is 0 Å². The Hall–Kier alpha value is -0.0400. The maximum absolute atomic E-state index is 8.59. The molecule has 0 aliphatic rings. The van der Waals surface area contributed by atoms with Gasteiger partial charge in [0.05, 0.1) is 0 Å². The molecule has 0 saturated carbocycles. The Labute approximate surface area is 60.1 Å². The Morgan fingerprint density at radius 2 is 1.56 bits per heavy atom. The molecular weight excluding hydrogens is 112 g/mol. The van der Waals surface area contributed by atoms with E-state index in [4.69, 9.17) is 5.11 Å². The highest BCUT2D eigenvalue weighted by atomic mass is 16.3. The van der Waals surface area contributed by atoms with Crippen molar-refractivity contribution in [2.45, 2.75) is 42.0 Å². The Kier molecular flexibility index (Phi) is 10.8. The fraction of sp³-hybridized carbons (Fsp3) is 1.00. The summed E-state index contributed by atoms with van der Waals surface area (Å²) in [6, 6.07) is 0. The van der Waals surface area contributed by atoms with E-state index in [1.54, 1.807) is 0 Å². The highest BCUT2D eigenvalue weighted by molar-refractivity contribution is 4.62. The van der Waals surface area contributed by atoms with Gasteiger partial charge in [-0.2, -0.15) is 0 Å². The molecule has 0 aromatic rings. The maximum Gasteiger partial charge on any atom is 0.0482 e. The number of rotatable bonds is 2. The van der Waals surface area contributed by atoms with Crippen molar-refractivity contribution in [2.75, 3.05) is 6.61 Å². The minimum atomic E-state index is 0. The molecule has 9 heavy (non-hydrogen) atoms. The van der Waals surface area contributed by atoms with E-state index in [0.717, 1.165) is 6.42 Å². The zero-order chi connectivity index (χ0) is 5.91. The zero-order valence-corrected chi connectivity index (χ0v) is 5.36. The molecule has 0 radical (unpaired) electrons. The largest absolute Gasteiger partial charge is 0.396 e. The predicted molar refractivity (Wildman–Crippen MR) is 44.6 cm³/mol. The minimum Gasteiger partial charge on any atom is -0.396 e. The summed E-state index contributed by atoms with van der Waals surface area (Å²) in [4.78, 5) is 0. The number of hydrogen-bond donors (Lipinski definition) is 1. The molecule has 0 spiro atoms. The van der Waals surface area contributed by atoms with Crippen LogP contribution in [0.5, 0.6) is 0 Å². The first-order valence-corrected chi connectivity index (χ1v) is 2.73. The number of aliphatic hydroxyl groups excluding tert-OH is 1. The van der Waals surface area contributed by atoms with Crippen molar-refractivity contribution in [1.29, 1.82) is 0 Å². The van der Waals surface area contributed by atoms with Gasteiger partial charge in [-0.1, -0.05) is 35.6 Å². The molecule has 0 fully saturated rings. The van der Waals surface area contributed by atoms with Crippen molar-refractivity contribution in [1.82, 2.24) is 0 Å². The van der Waals surface area contributed by atoms with Gasteiger partial charge in [0.15, 0.2) is 0 Å². The third-order valence-corrected chi connectivity index (χ3v) is 1.39. The Bertz CT molecular complexity index is 42.5. The molecule has 60 valence electrons. The molecule has 0 aromatic carbocycles. The lowest BCUT2D eigenvalue weighted by Gasteiger charge is -2.17. The fourth-order valence-electron chi connectivity index (χ4n) is 0.112. The Morgan fingerprint density at radius 1 is 1.22 bits per heavy atom. The smallest absolute Gasteiger partial charge is 0.0482 e. The average Bonchev–Trinajstić information content (AvgIpc) is 1.68. The van der Waals surface area contributed by atoms with Crippen molar-refractivity contribution < 1.29 is 5.11 Å². The van der Waals surface area contributed by atoms with Crippen LogP contribution in [0.2, 0.25) is 0 Å². The van der Waals surface area contributed by atoms with Gasteiger partial charge in [0.1, 0.15) is 0 Å². The van der Waals surface area contributed by atoms with Gasteiger partial charge in [0, 0.05) is 6.61 Å². The summed E-state index contributed by atoms with van der Waals surface area (Å²) in [6.07, 6.45) is 1.05. The molecule has 1 heteroatoms. The third kappa shape index (κ3) is 7.96. The molecule has 0 aliphatic heterocycles. The summed E-state index contributed by atoms with van der Waals surface area (Å²) in [5.41, 5.74) is 0.139. The number of hydrogen-bond acceptors (Lipinski definition) is 1. The second kappa shape index (κ2) is 6.09. The van der Waals surface area contributed by atoms with Crippen LogP contribution >= 0.6 is 0 Å². The lowest BCUT2D eigenvalue weighted by Crippen LogP contribution is -2.14. The van der Waals surface area contributed by atoms with Crippen LogP contribution in [-0.4, -0.2) is 11.7 Å². The van der Waals surface area contributed by atoms with E-state index in [2.05, 4.69) is 6.92 Å². The standard InChI is InChI=1S/C6H14O.2CH4/c1-4-6(2,3)5-7;;/h7H,4-5H2,1-3H3;2*1H4. The fourth-order valence-corrected chi connectivity index (χ4v) is 0.112. The van der Waals surface area contributed by atoms with Gasteiger partial charge >= 0.3 is 0 Å². The van der Waals surface area contributed by atoms with Crippen LogP contribution < -0.4 is 0 Å². The molecule has 0 bridgehead atoms. The summed E-state index contributed by atoms with van der Waals surface area (Å²) in [5.74, 6) is 0. The van der Waals surface area contributed by atoms with E-state index in [0.29, 0.717) is 6.61 Å². The second-order valence-corrected chi connectivity index (χ2v) is 2.68. The highest BCUT2D eigenvalue weighted by Crippen LogP contribution is 2.16. The van der Waals surface area contributed by atoms with Gasteiger partial charge < -0.3 is 5.11 Å². The zero-order valence-electron chi connectivity index (χ0n) is 5.36. The Balaban J connectivity index is -0.000000180. The van der Waals surface area contributed by atoms with Gasteiger partial charge in [-0.15, -0.1) is 0 Å². The summed E-state index contributed by atoms with van der Waals surface area (Å²) >= 11 is 0. The van der Waals surface area contributed by atoms with E-state index in [1.165, 1.54) is 0 Å². The van der Waals surface area contributed by atoms with E-state index >= 15 is 0 Å². The van der Waals surface area contributed by atoms with Crippen molar-refractivity contribution in [2.24, 2.45) is 5.41 Å². The molecule has 0 amide bonds. The molecule has 0 atom stereocenters. The molecule has 1 N–H and O–H groups in total. The van der Waals surface area contributed by atoms with Crippen molar-refractivity contribution in [3.8, 4) is 0 Å². The third-order valence-electron chi connectivity index (χ3n) is 1.39. The lowest BCUT2D eigenvalue weighted by molar-refractivity contribution is 0.155. The second-order valence-electron chi connectivity index (χ2n) is 2.68. The van der Waals surface area contributed by atoms with Gasteiger partial charge in [-0.05, 0) is 11.8 Å². The van der Waals surface area contributed by atoms with Crippen molar-refractivity contribution in [3.63, 3.8) is 0 Å². The molecule has 0 heterocycles. The monoisotopic (exact) mass is 134 g/mol. The molecule has 1 nitrogen and oxygen atoms in total. The quantitative estimate of drug-likeness (QED) is 0.615. The minimum absolute atomic E-state index is 0. The van der Waals surface area contributed by atoms with Gasteiger partial charge in [-0.25, -0.2) is 0 Å². The maximum atomic E-state index is 8.59. The molecule has 0 aromatic heterocycles. The van der Waals surface area contributed by atoms with Crippen LogP contribution in [0, 0.1) is 5.41 Å².